The van der Waals surface area contributed by atoms with Gasteiger partial charge >= 0.3 is 12.1 Å². The lowest BCUT2D eigenvalue weighted by Gasteiger charge is -2.17. The van der Waals surface area contributed by atoms with Crippen molar-refractivity contribution in [3.05, 3.63) is 35.4 Å². The first-order valence-corrected chi connectivity index (χ1v) is 7.04. The number of carbonyl (C=O) groups excluding carboxylic acids is 1. The Morgan fingerprint density at radius 1 is 1.39 bits per heavy atom. The Morgan fingerprint density at radius 2 is 2.13 bits per heavy atom. The van der Waals surface area contributed by atoms with Gasteiger partial charge in [-0.3, -0.25) is 4.79 Å². The van der Waals surface area contributed by atoms with Crippen LogP contribution in [0.5, 0.6) is 0 Å². The van der Waals surface area contributed by atoms with E-state index in [1.165, 1.54) is 12.1 Å². The minimum absolute atomic E-state index is 0.190. The fraction of sp³-hybridized carbons (Fsp3) is 0.467. The predicted octanol–water partition coefficient (Wildman–Crippen LogP) is 1.85. The maximum absolute atomic E-state index is 12.7. The van der Waals surface area contributed by atoms with Crippen LogP contribution in [0.3, 0.4) is 0 Å². The number of hydrogen-bond acceptors (Lipinski definition) is 3. The van der Waals surface area contributed by atoms with Crippen molar-refractivity contribution in [2.45, 2.75) is 25.1 Å². The summed E-state index contributed by atoms with van der Waals surface area (Å²) in [6, 6.07) is 3.13. The van der Waals surface area contributed by atoms with Crippen LogP contribution in [-0.4, -0.2) is 36.2 Å². The zero-order chi connectivity index (χ0) is 17.0. The van der Waals surface area contributed by atoms with Gasteiger partial charge in [0.25, 0.3) is 0 Å². The minimum Gasteiger partial charge on any atom is -0.480 e. The molecule has 1 aliphatic heterocycles. The molecule has 2 N–H and O–H groups in total. The monoisotopic (exact) mass is 331 g/mol. The number of hydrogen-bond donors (Lipinski definition) is 2. The average Bonchev–Trinajstić information content (AvgIpc) is 3.00. The lowest BCUT2D eigenvalue weighted by Crippen LogP contribution is -2.45. The number of rotatable bonds is 5. The first-order chi connectivity index (χ1) is 10.8. The van der Waals surface area contributed by atoms with Crippen molar-refractivity contribution >= 4 is 11.9 Å². The van der Waals surface area contributed by atoms with Crippen LogP contribution in [0, 0.1) is 5.92 Å². The summed E-state index contributed by atoms with van der Waals surface area (Å²) in [6.45, 7) is 0.658. The van der Waals surface area contributed by atoms with Crippen LogP contribution in [-0.2, 0) is 26.9 Å². The van der Waals surface area contributed by atoms with E-state index < -0.39 is 35.6 Å². The van der Waals surface area contributed by atoms with E-state index in [-0.39, 0.29) is 18.6 Å². The summed E-state index contributed by atoms with van der Waals surface area (Å²) in [7, 11) is 0. The van der Waals surface area contributed by atoms with Crippen molar-refractivity contribution in [2.75, 3.05) is 13.2 Å². The molecule has 1 aromatic rings. The Hall–Kier alpha value is -2.09. The van der Waals surface area contributed by atoms with Crippen LogP contribution in [0.4, 0.5) is 13.2 Å². The van der Waals surface area contributed by atoms with Crippen molar-refractivity contribution in [1.29, 1.82) is 0 Å². The van der Waals surface area contributed by atoms with Crippen molar-refractivity contribution in [2.24, 2.45) is 5.92 Å². The molecular formula is C15H16F3NO4. The van der Waals surface area contributed by atoms with Crippen LogP contribution in [0.15, 0.2) is 24.3 Å². The number of nitrogens with one attached hydrogen (secondary N) is 1. The number of aliphatic carboxylic acids is 1. The van der Waals surface area contributed by atoms with Crippen LogP contribution in [0.1, 0.15) is 17.5 Å². The lowest BCUT2D eigenvalue weighted by molar-refractivity contribution is -0.142. The van der Waals surface area contributed by atoms with Crippen LogP contribution in [0.2, 0.25) is 0 Å². The smallest absolute Gasteiger partial charge is 0.416 e. The highest BCUT2D eigenvalue weighted by atomic mass is 19.4. The standard InChI is InChI=1S/C15H16F3NO4/c16-15(17,18)11-3-1-2-9(6-11)7-12(14(21)22)19-13(20)10-4-5-23-8-10/h1-3,6,10,12H,4-5,7-8H2,(H,19,20)(H,21,22)/t10-,12+/m0/s1. The van der Waals surface area contributed by atoms with Gasteiger partial charge in [-0.05, 0) is 18.1 Å². The Bertz CT molecular complexity index is 582. The lowest BCUT2D eigenvalue weighted by atomic mass is 10.0. The highest BCUT2D eigenvalue weighted by Gasteiger charge is 2.31. The Labute approximate surface area is 130 Å². The Balaban J connectivity index is 2.07. The van der Waals surface area contributed by atoms with E-state index in [1.54, 1.807) is 0 Å². The SMILES string of the molecule is O=C(N[C@H](Cc1cccc(C(F)(F)F)c1)C(=O)O)[C@H]1CCOC1. The minimum atomic E-state index is -4.50. The van der Waals surface area contributed by atoms with E-state index in [9.17, 15) is 27.9 Å². The molecule has 0 spiro atoms. The van der Waals surface area contributed by atoms with Crippen LogP contribution in [0.25, 0.3) is 0 Å². The molecule has 5 nitrogen and oxygen atoms in total. The van der Waals surface area contributed by atoms with Gasteiger partial charge < -0.3 is 15.2 Å². The second kappa shape index (κ2) is 6.99. The zero-order valence-corrected chi connectivity index (χ0v) is 12.1. The van der Waals surface area contributed by atoms with Gasteiger partial charge in [0.1, 0.15) is 6.04 Å². The maximum atomic E-state index is 12.7. The molecule has 2 rings (SSSR count). The van der Waals surface area contributed by atoms with Crippen molar-refractivity contribution in [3.63, 3.8) is 0 Å². The molecule has 23 heavy (non-hydrogen) atoms. The van der Waals surface area contributed by atoms with Gasteiger partial charge in [-0.25, -0.2) is 4.79 Å². The fourth-order valence-corrected chi connectivity index (χ4v) is 2.34. The summed E-state index contributed by atoms with van der Waals surface area (Å²) >= 11 is 0. The number of carboxylic acids is 1. The number of amides is 1. The third-order valence-electron chi connectivity index (χ3n) is 3.61. The normalized spacial score (nSPS) is 19.3. The third-order valence-corrected chi connectivity index (χ3v) is 3.61. The van der Waals surface area contributed by atoms with E-state index in [4.69, 9.17) is 4.74 Å². The summed E-state index contributed by atoms with van der Waals surface area (Å²) in [6.07, 6.45) is -4.22. The van der Waals surface area contributed by atoms with Gasteiger partial charge in [-0.2, -0.15) is 13.2 Å². The number of benzene rings is 1. The molecule has 1 aromatic carbocycles. The second-order valence-corrected chi connectivity index (χ2v) is 5.36. The Kier molecular flexibility index (Phi) is 5.25. The molecule has 2 atom stereocenters. The molecule has 0 bridgehead atoms. The largest absolute Gasteiger partial charge is 0.480 e. The van der Waals surface area contributed by atoms with Gasteiger partial charge in [0.05, 0.1) is 18.1 Å². The molecule has 0 aliphatic carbocycles. The number of halogens is 3. The summed E-state index contributed by atoms with van der Waals surface area (Å²) in [5.41, 5.74) is -0.662. The molecule has 126 valence electrons. The van der Waals surface area contributed by atoms with Crippen molar-refractivity contribution in [3.8, 4) is 0 Å². The molecule has 1 amide bonds. The third kappa shape index (κ3) is 4.69. The van der Waals surface area contributed by atoms with Crippen molar-refractivity contribution < 1.29 is 32.6 Å². The first-order valence-electron chi connectivity index (χ1n) is 7.04. The highest BCUT2D eigenvalue weighted by molar-refractivity contribution is 5.85. The van der Waals surface area contributed by atoms with Gasteiger partial charge in [-0.1, -0.05) is 18.2 Å². The average molecular weight is 331 g/mol. The molecule has 0 aromatic heterocycles. The summed E-state index contributed by atoms with van der Waals surface area (Å²) < 4.78 is 43.1. The molecule has 1 heterocycles. The maximum Gasteiger partial charge on any atom is 0.416 e. The molecule has 0 saturated carbocycles. The first kappa shape index (κ1) is 17.3. The summed E-state index contributed by atoms with van der Waals surface area (Å²) in [4.78, 5) is 23.2. The molecule has 0 radical (unpaired) electrons. The van der Waals surface area contributed by atoms with E-state index in [0.29, 0.717) is 13.0 Å². The molecule has 8 heteroatoms. The van der Waals surface area contributed by atoms with Gasteiger partial charge in [0.15, 0.2) is 0 Å². The quantitative estimate of drug-likeness (QED) is 0.863. The van der Waals surface area contributed by atoms with Gasteiger partial charge in [0, 0.05) is 13.0 Å². The van der Waals surface area contributed by atoms with Crippen LogP contribution < -0.4 is 5.32 Å². The van der Waals surface area contributed by atoms with E-state index >= 15 is 0 Å². The van der Waals surface area contributed by atoms with Crippen molar-refractivity contribution in [1.82, 2.24) is 5.32 Å². The van der Waals surface area contributed by atoms with E-state index in [2.05, 4.69) is 5.32 Å². The molecule has 1 fully saturated rings. The van der Waals surface area contributed by atoms with Gasteiger partial charge in [-0.15, -0.1) is 0 Å². The van der Waals surface area contributed by atoms with Gasteiger partial charge in [0.2, 0.25) is 5.91 Å². The number of carboxylic acid groups (broad SMARTS) is 1. The summed E-state index contributed by atoms with van der Waals surface area (Å²) in [5.74, 6) is -2.17. The zero-order valence-electron chi connectivity index (χ0n) is 12.1. The predicted molar refractivity (Wildman–Crippen MR) is 73.6 cm³/mol. The van der Waals surface area contributed by atoms with E-state index in [1.807, 2.05) is 0 Å². The van der Waals surface area contributed by atoms with E-state index in [0.717, 1.165) is 12.1 Å². The fourth-order valence-electron chi connectivity index (χ4n) is 2.34. The molecule has 1 saturated heterocycles. The topological polar surface area (TPSA) is 75.6 Å². The number of ether oxygens (including phenoxy) is 1. The molecule has 1 aliphatic rings. The number of alkyl halides is 3. The van der Waals surface area contributed by atoms with Crippen LogP contribution >= 0.6 is 0 Å². The highest BCUT2D eigenvalue weighted by Crippen LogP contribution is 2.29. The summed E-state index contributed by atoms with van der Waals surface area (Å²) in [5, 5.41) is 11.6. The molecular weight excluding hydrogens is 315 g/mol. The Morgan fingerprint density at radius 3 is 2.70 bits per heavy atom. The number of carbonyl (C=O) groups is 2. The molecule has 0 unspecified atom stereocenters. The second-order valence-electron chi connectivity index (χ2n) is 5.36.